The molecule has 1 aliphatic heterocycles. The van der Waals surface area contributed by atoms with Gasteiger partial charge in [0.25, 0.3) is 0 Å². The first-order valence-corrected chi connectivity index (χ1v) is 9.60. The summed E-state index contributed by atoms with van der Waals surface area (Å²) in [6, 6.07) is 9.91. The van der Waals surface area contributed by atoms with Crippen LogP contribution >= 0.6 is 11.3 Å². The third kappa shape index (κ3) is 2.68. The van der Waals surface area contributed by atoms with Gasteiger partial charge in [0, 0.05) is 18.7 Å². The Morgan fingerprint density at radius 1 is 1.12 bits per heavy atom. The van der Waals surface area contributed by atoms with Gasteiger partial charge in [-0.05, 0) is 0 Å². The fourth-order valence-electron chi connectivity index (χ4n) is 2.65. The largest absolute Gasteiger partial charge is 0.339 e. The molecule has 1 aromatic carbocycles. The maximum Gasteiger partial charge on any atom is 0.249 e. The molecule has 2 aromatic heterocycles. The highest BCUT2D eigenvalue weighted by atomic mass is 32.2. The Kier molecular flexibility index (Phi) is 3.59. The second-order valence-electron chi connectivity index (χ2n) is 5.39. The summed E-state index contributed by atoms with van der Waals surface area (Å²) in [5.74, 6) is 1.67. The number of fused-ring (bicyclic) bond motifs is 1. The van der Waals surface area contributed by atoms with Gasteiger partial charge in [0.05, 0.1) is 12.7 Å². The highest BCUT2D eigenvalue weighted by Crippen LogP contribution is 2.29. The molecule has 4 rings (SSSR count). The molecule has 0 atom stereocenters. The lowest BCUT2D eigenvalue weighted by atomic mass is 10.2. The van der Waals surface area contributed by atoms with Crippen molar-refractivity contribution in [2.24, 2.45) is 5.14 Å². The predicted octanol–water partition coefficient (Wildman–Crippen LogP) is 1.07. The van der Waals surface area contributed by atoms with E-state index in [1.165, 1.54) is 6.20 Å². The third-order valence-electron chi connectivity index (χ3n) is 3.81. The zero-order valence-corrected chi connectivity index (χ0v) is 14.2. The molecule has 0 fully saturated rings. The van der Waals surface area contributed by atoms with E-state index in [0.717, 1.165) is 28.5 Å². The number of nitrogens with zero attached hydrogens (tertiary/aromatic N) is 5. The van der Waals surface area contributed by atoms with Crippen molar-refractivity contribution in [2.75, 3.05) is 11.4 Å². The molecule has 0 bridgehead atoms. The molecular weight excluding hydrogens is 348 g/mol. The van der Waals surface area contributed by atoms with Crippen LogP contribution in [0.25, 0.3) is 11.4 Å². The first-order valence-electron chi connectivity index (χ1n) is 7.23. The Bertz CT molecular complexity index is 980. The van der Waals surface area contributed by atoms with Crippen LogP contribution in [-0.2, 0) is 23.1 Å². The molecule has 3 heterocycles. The van der Waals surface area contributed by atoms with Gasteiger partial charge in [0.15, 0.2) is 21.0 Å². The van der Waals surface area contributed by atoms with Crippen molar-refractivity contribution in [2.45, 2.75) is 17.3 Å². The van der Waals surface area contributed by atoms with Crippen LogP contribution in [0.15, 0.2) is 40.7 Å². The summed E-state index contributed by atoms with van der Waals surface area (Å²) in [7, 11) is -3.72. The molecule has 10 heteroatoms. The van der Waals surface area contributed by atoms with E-state index in [1.807, 2.05) is 35.2 Å². The third-order valence-corrected chi connectivity index (χ3v) is 6.27. The summed E-state index contributed by atoms with van der Waals surface area (Å²) in [6.45, 7) is 1.93. The normalized spacial score (nSPS) is 14.6. The van der Waals surface area contributed by atoms with Gasteiger partial charge in [-0.3, -0.25) is 0 Å². The number of anilines is 1. The number of hydrogen-bond donors (Lipinski definition) is 1. The fraction of sp³-hybridized carbons (Fsp3) is 0.214. The second kappa shape index (κ2) is 5.65. The van der Waals surface area contributed by atoms with Gasteiger partial charge >= 0.3 is 0 Å². The maximum absolute atomic E-state index is 11.4. The van der Waals surface area contributed by atoms with Crippen LogP contribution in [0.3, 0.4) is 0 Å². The van der Waals surface area contributed by atoms with Crippen LogP contribution in [0.1, 0.15) is 5.82 Å². The van der Waals surface area contributed by atoms with Gasteiger partial charge in [0.2, 0.25) is 10.0 Å². The first-order chi connectivity index (χ1) is 11.5. The lowest BCUT2D eigenvalue weighted by Gasteiger charge is -2.27. The van der Waals surface area contributed by atoms with E-state index in [4.69, 9.17) is 5.14 Å². The molecule has 124 valence electrons. The molecular formula is C14H14N6O2S2. The van der Waals surface area contributed by atoms with Gasteiger partial charge in [0.1, 0.15) is 0 Å². The van der Waals surface area contributed by atoms with Crippen molar-refractivity contribution in [3.8, 4) is 11.4 Å². The Morgan fingerprint density at radius 2 is 1.92 bits per heavy atom. The SMILES string of the molecule is NS(=O)(=O)c1cnc(N2CCn3c(nnc3-c3ccccc3)C2)s1. The smallest absolute Gasteiger partial charge is 0.249 e. The summed E-state index contributed by atoms with van der Waals surface area (Å²) >= 11 is 1.07. The number of aromatic nitrogens is 4. The maximum atomic E-state index is 11.4. The molecule has 0 saturated heterocycles. The molecule has 0 radical (unpaired) electrons. The molecule has 0 aliphatic carbocycles. The summed E-state index contributed by atoms with van der Waals surface area (Å²) in [6.07, 6.45) is 1.30. The minimum absolute atomic E-state index is 0.0644. The lowest BCUT2D eigenvalue weighted by Crippen LogP contribution is -2.33. The van der Waals surface area contributed by atoms with Crippen molar-refractivity contribution >= 4 is 26.5 Å². The van der Waals surface area contributed by atoms with Crippen LogP contribution in [-0.4, -0.2) is 34.7 Å². The Balaban J connectivity index is 1.61. The van der Waals surface area contributed by atoms with Gasteiger partial charge < -0.3 is 9.47 Å². The average Bonchev–Trinajstić information content (AvgIpc) is 3.22. The number of sulfonamides is 1. The molecule has 0 amide bonds. The quantitative estimate of drug-likeness (QED) is 0.747. The topological polar surface area (TPSA) is 107 Å². The van der Waals surface area contributed by atoms with Crippen LogP contribution in [0.4, 0.5) is 5.13 Å². The molecule has 8 nitrogen and oxygen atoms in total. The van der Waals surface area contributed by atoms with Gasteiger partial charge in [-0.25, -0.2) is 18.5 Å². The van der Waals surface area contributed by atoms with E-state index in [0.29, 0.717) is 24.8 Å². The fourth-order valence-corrected chi connectivity index (χ4v) is 4.21. The van der Waals surface area contributed by atoms with Crippen molar-refractivity contribution in [1.29, 1.82) is 0 Å². The molecule has 1 aliphatic rings. The Labute approximate surface area is 142 Å². The molecule has 0 saturated carbocycles. The van der Waals surface area contributed by atoms with Crippen molar-refractivity contribution in [1.82, 2.24) is 19.7 Å². The van der Waals surface area contributed by atoms with Gasteiger partial charge in [-0.1, -0.05) is 41.7 Å². The Hall–Kier alpha value is -2.30. The van der Waals surface area contributed by atoms with Crippen molar-refractivity contribution < 1.29 is 8.42 Å². The van der Waals surface area contributed by atoms with E-state index in [9.17, 15) is 8.42 Å². The molecule has 24 heavy (non-hydrogen) atoms. The van der Waals surface area contributed by atoms with E-state index < -0.39 is 10.0 Å². The van der Waals surface area contributed by atoms with Crippen LogP contribution in [0.5, 0.6) is 0 Å². The van der Waals surface area contributed by atoms with E-state index in [1.54, 1.807) is 0 Å². The second-order valence-corrected chi connectivity index (χ2v) is 8.18. The van der Waals surface area contributed by atoms with Gasteiger partial charge in [-0.15, -0.1) is 10.2 Å². The van der Waals surface area contributed by atoms with E-state index in [2.05, 4.69) is 19.7 Å². The standard InChI is InChI=1S/C14H14N6O2S2/c15-24(21,22)12-8-16-14(23-12)19-6-7-20-11(9-19)17-18-13(20)10-4-2-1-3-5-10/h1-5,8H,6-7,9H2,(H2,15,21,22). The van der Waals surface area contributed by atoms with Crippen LogP contribution < -0.4 is 10.0 Å². The number of rotatable bonds is 3. The van der Waals surface area contributed by atoms with Crippen molar-refractivity contribution in [3.05, 3.63) is 42.4 Å². The molecule has 3 aromatic rings. The number of benzene rings is 1. The highest BCUT2D eigenvalue weighted by molar-refractivity contribution is 7.91. The lowest BCUT2D eigenvalue weighted by molar-refractivity contribution is 0.563. The monoisotopic (exact) mass is 362 g/mol. The number of thiazole rings is 1. The van der Waals surface area contributed by atoms with Crippen LogP contribution in [0, 0.1) is 0 Å². The minimum atomic E-state index is -3.72. The number of nitrogens with two attached hydrogens (primary N) is 1. The minimum Gasteiger partial charge on any atom is -0.339 e. The summed E-state index contributed by atoms with van der Waals surface area (Å²) in [5.41, 5.74) is 1.02. The average molecular weight is 362 g/mol. The number of primary sulfonamides is 1. The van der Waals surface area contributed by atoms with Crippen molar-refractivity contribution in [3.63, 3.8) is 0 Å². The first kappa shape index (κ1) is 15.2. The summed E-state index contributed by atoms with van der Waals surface area (Å²) in [4.78, 5) is 6.16. The Morgan fingerprint density at radius 3 is 2.62 bits per heavy atom. The number of hydrogen-bond acceptors (Lipinski definition) is 7. The molecule has 2 N–H and O–H groups in total. The highest BCUT2D eigenvalue weighted by Gasteiger charge is 2.24. The molecule has 0 spiro atoms. The zero-order valence-electron chi connectivity index (χ0n) is 12.5. The van der Waals surface area contributed by atoms with E-state index in [-0.39, 0.29) is 4.21 Å². The van der Waals surface area contributed by atoms with E-state index >= 15 is 0 Å². The zero-order chi connectivity index (χ0) is 16.7. The predicted molar refractivity (Wildman–Crippen MR) is 90.0 cm³/mol. The van der Waals surface area contributed by atoms with Crippen LogP contribution in [0.2, 0.25) is 0 Å². The summed E-state index contributed by atoms with van der Waals surface area (Å²) < 4.78 is 24.9. The molecule has 0 unspecified atom stereocenters. The van der Waals surface area contributed by atoms with Gasteiger partial charge in [-0.2, -0.15) is 0 Å². The summed E-state index contributed by atoms with van der Waals surface area (Å²) in [5, 5.41) is 14.3.